The van der Waals surface area contributed by atoms with Crippen LogP contribution in [0.4, 0.5) is 5.82 Å². The highest BCUT2D eigenvalue weighted by atomic mass is 14.9. The molecule has 0 aliphatic heterocycles. The molecule has 0 radical (unpaired) electrons. The molecule has 1 aromatic carbocycles. The molecule has 112 valence electrons. The lowest BCUT2D eigenvalue weighted by Crippen LogP contribution is -2.25. The summed E-state index contributed by atoms with van der Waals surface area (Å²) in [6.07, 6.45) is 2.70. The lowest BCUT2D eigenvalue weighted by atomic mass is 9.94. The van der Waals surface area contributed by atoms with Gasteiger partial charge < -0.3 is 11.1 Å². The number of hydrogen-bond acceptors (Lipinski definition) is 3. The second-order valence-electron chi connectivity index (χ2n) is 5.74. The van der Waals surface area contributed by atoms with Gasteiger partial charge in [0.25, 0.3) is 0 Å². The van der Waals surface area contributed by atoms with Crippen molar-refractivity contribution in [2.24, 2.45) is 0 Å². The predicted molar refractivity (Wildman–Crippen MR) is 89.4 cm³/mol. The van der Waals surface area contributed by atoms with E-state index in [1.165, 1.54) is 22.3 Å². The van der Waals surface area contributed by atoms with Gasteiger partial charge in [0.1, 0.15) is 5.82 Å². The fourth-order valence-corrected chi connectivity index (χ4v) is 2.99. The van der Waals surface area contributed by atoms with Crippen molar-refractivity contribution in [3.05, 3.63) is 58.3 Å². The van der Waals surface area contributed by atoms with Crippen molar-refractivity contribution in [3.63, 3.8) is 0 Å². The molecule has 0 aliphatic rings. The maximum atomic E-state index is 6.11. The third-order valence-electron chi connectivity index (χ3n) is 3.76. The summed E-state index contributed by atoms with van der Waals surface area (Å²) in [5, 5.41) is 3.55. The lowest BCUT2D eigenvalue weighted by molar-refractivity contribution is 0.547. The lowest BCUT2D eigenvalue weighted by Gasteiger charge is -2.22. The fraction of sp³-hybridized carbons (Fsp3) is 0.389. The molecule has 0 saturated carbocycles. The molecule has 1 unspecified atom stereocenters. The van der Waals surface area contributed by atoms with Gasteiger partial charge in [0.2, 0.25) is 0 Å². The molecule has 2 aromatic rings. The Morgan fingerprint density at radius 2 is 1.81 bits per heavy atom. The van der Waals surface area contributed by atoms with Crippen molar-refractivity contribution in [1.82, 2.24) is 10.3 Å². The predicted octanol–water partition coefficient (Wildman–Crippen LogP) is 3.48. The Hall–Kier alpha value is -1.87. The molecule has 3 N–H and O–H groups in total. The van der Waals surface area contributed by atoms with E-state index in [9.17, 15) is 0 Å². The molecule has 1 atom stereocenters. The third-order valence-corrected chi connectivity index (χ3v) is 3.76. The molecule has 2 rings (SSSR count). The summed E-state index contributed by atoms with van der Waals surface area (Å²) in [7, 11) is 0. The summed E-state index contributed by atoms with van der Waals surface area (Å²) >= 11 is 0. The van der Waals surface area contributed by atoms with E-state index >= 15 is 0 Å². The Kier molecular flexibility index (Phi) is 4.97. The largest absolute Gasteiger partial charge is 0.383 e. The zero-order valence-corrected chi connectivity index (χ0v) is 13.4. The Morgan fingerprint density at radius 3 is 2.38 bits per heavy atom. The molecule has 1 heterocycles. The van der Waals surface area contributed by atoms with Gasteiger partial charge in [-0.15, -0.1) is 0 Å². The molecule has 0 fully saturated rings. The van der Waals surface area contributed by atoms with Gasteiger partial charge in [-0.1, -0.05) is 36.2 Å². The minimum Gasteiger partial charge on any atom is -0.383 e. The molecule has 0 bridgehead atoms. The van der Waals surface area contributed by atoms with E-state index < -0.39 is 0 Å². The number of likely N-dealkylation sites (N-methyl/N-ethyl adjacent to an activating group) is 1. The third kappa shape index (κ3) is 3.82. The van der Waals surface area contributed by atoms with Crippen molar-refractivity contribution >= 4 is 5.82 Å². The van der Waals surface area contributed by atoms with E-state index in [2.05, 4.69) is 56.2 Å². The van der Waals surface area contributed by atoms with Crippen LogP contribution in [0.15, 0.2) is 30.5 Å². The second-order valence-corrected chi connectivity index (χ2v) is 5.74. The number of aromatic nitrogens is 1. The van der Waals surface area contributed by atoms with E-state index in [4.69, 9.17) is 5.73 Å². The van der Waals surface area contributed by atoms with E-state index in [0.717, 1.165) is 18.5 Å². The summed E-state index contributed by atoms with van der Waals surface area (Å²) in [6.45, 7) is 9.41. The van der Waals surface area contributed by atoms with Gasteiger partial charge in [0.05, 0.1) is 0 Å². The van der Waals surface area contributed by atoms with Crippen LogP contribution < -0.4 is 11.1 Å². The summed E-state index contributed by atoms with van der Waals surface area (Å²) < 4.78 is 0. The molecule has 0 spiro atoms. The highest BCUT2D eigenvalue weighted by molar-refractivity contribution is 5.47. The Balaban J connectivity index is 2.35. The number of pyridine rings is 1. The first-order chi connectivity index (χ1) is 10.0. The quantitative estimate of drug-likeness (QED) is 0.883. The summed E-state index contributed by atoms with van der Waals surface area (Å²) in [5.41, 5.74) is 12.4. The first kappa shape index (κ1) is 15.5. The van der Waals surface area contributed by atoms with Crippen LogP contribution >= 0.6 is 0 Å². The van der Waals surface area contributed by atoms with Crippen molar-refractivity contribution in [3.8, 4) is 0 Å². The smallest absolute Gasteiger partial charge is 0.128 e. The molecule has 3 heteroatoms. The number of aryl methyl sites for hydroxylation is 3. The average Bonchev–Trinajstić information content (AvgIpc) is 2.37. The van der Waals surface area contributed by atoms with Gasteiger partial charge >= 0.3 is 0 Å². The van der Waals surface area contributed by atoms with E-state index in [-0.39, 0.29) is 6.04 Å². The van der Waals surface area contributed by atoms with Gasteiger partial charge in [0.15, 0.2) is 0 Å². The highest BCUT2D eigenvalue weighted by Gasteiger charge is 2.17. The highest BCUT2D eigenvalue weighted by Crippen LogP contribution is 2.26. The monoisotopic (exact) mass is 283 g/mol. The molecule has 0 amide bonds. The number of nitrogens with zero attached hydrogens (tertiary/aromatic N) is 1. The fourth-order valence-electron chi connectivity index (χ4n) is 2.99. The van der Waals surface area contributed by atoms with Gasteiger partial charge in [0, 0.05) is 17.8 Å². The standard InChI is InChI=1S/C18H25N3/c1-5-20-16(17-14(4)6-7-21-18(17)19)11-15-9-12(2)8-13(3)10-15/h6-10,16,20H,5,11H2,1-4H3,(H2,19,21). The van der Waals surface area contributed by atoms with Crippen LogP contribution in [-0.4, -0.2) is 11.5 Å². The minimum absolute atomic E-state index is 0.199. The maximum Gasteiger partial charge on any atom is 0.128 e. The zero-order valence-electron chi connectivity index (χ0n) is 13.4. The molecular formula is C18H25N3. The van der Waals surface area contributed by atoms with Crippen LogP contribution in [0.25, 0.3) is 0 Å². The minimum atomic E-state index is 0.199. The van der Waals surface area contributed by atoms with E-state index in [1.54, 1.807) is 6.20 Å². The van der Waals surface area contributed by atoms with Crippen molar-refractivity contribution in [1.29, 1.82) is 0 Å². The van der Waals surface area contributed by atoms with Crippen LogP contribution in [-0.2, 0) is 6.42 Å². The first-order valence-electron chi connectivity index (χ1n) is 7.52. The van der Waals surface area contributed by atoms with Crippen LogP contribution in [0, 0.1) is 20.8 Å². The summed E-state index contributed by atoms with van der Waals surface area (Å²) in [4.78, 5) is 4.26. The van der Waals surface area contributed by atoms with Crippen LogP contribution in [0.2, 0.25) is 0 Å². The summed E-state index contributed by atoms with van der Waals surface area (Å²) in [5.74, 6) is 0.630. The van der Waals surface area contributed by atoms with Crippen molar-refractivity contribution in [2.45, 2.75) is 40.2 Å². The van der Waals surface area contributed by atoms with Crippen molar-refractivity contribution < 1.29 is 0 Å². The van der Waals surface area contributed by atoms with E-state index in [1.807, 2.05) is 6.07 Å². The number of anilines is 1. The molecule has 21 heavy (non-hydrogen) atoms. The Morgan fingerprint density at radius 1 is 1.14 bits per heavy atom. The van der Waals surface area contributed by atoms with Gasteiger partial charge in [-0.2, -0.15) is 0 Å². The number of benzene rings is 1. The number of nitrogens with one attached hydrogen (secondary N) is 1. The second kappa shape index (κ2) is 6.72. The topological polar surface area (TPSA) is 50.9 Å². The average molecular weight is 283 g/mol. The number of hydrogen-bond donors (Lipinski definition) is 2. The first-order valence-corrected chi connectivity index (χ1v) is 7.52. The maximum absolute atomic E-state index is 6.11. The van der Waals surface area contributed by atoms with E-state index in [0.29, 0.717) is 5.82 Å². The molecule has 1 aromatic heterocycles. The SMILES string of the molecule is CCNC(Cc1cc(C)cc(C)c1)c1c(C)ccnc1N. The zero-order chi connectivity index (χ0) is 15.4. The number of nitrogens with two attached hydrogens (primary N) is 1. The van der Waals surface area contributed by atoms with Crippen molar-refractivity contribution in [2.75, 3.05) is 12.3 Å². The Bertz CT molecular complexity index is 579. The van der Waals surface area contributed by atoms with Crippen LogP contribution in [0.3, 0.4) is 0 Å². The van der Waals surface area contributed by atoms with Gasteiger partial charge in [-0.05, 0) is 50.9 Å². The molecular weight excluding hydrogens is 258 g/mol. The van der Waals surface area contributed by atoms with Gasteiger partial charge in [-0.25, -0.2) is 4.98 Å². The molecule has 3 nitrogen and oxygen atoms in total. The molecule has 0 aliphatic carbocycles. The van der Waals surface area contributed by atoms with Crippen LogP contribution in [0.5, 0.6) is 0 Å². The number of rotatable bonds is 5. The van der Waals surface area contributed by atoms with Crippen LogP contribution in [0.1, 0.15) is 40.8 Å². The number of nitrogen functional groups attached to an aromatic ring is 1. The van der Waals surface area contributed by atoms with Gasteiger partial charge in [-0.3, -0.25) is 0 Å². The molecule has 0 saturated heterocycles. The Labute approximate surface area is 127 Å². The normalized spacial score (nSPS) is 12.4. The summed E-state index contributed by atoms with van der Waals surface area (Å²) in [6, 6.07) is 8.93.